The second-order valence-electron chi connectivity index (χ2n) is 7.22. The van der Waals surface area contributed by atoms with Gasteiger partial charge in [0.25, 0.3) is 5.91 Å². The maximum absolute atomic E-state index is 12.3. The van der Waals surface area contributed by atoms with Crippen LogP contribution >= 0.6 is 0 Å². The SMILES string of the molecule is CCOc1ccc(CCNC(=O)COc2cc3ccccc3cc2C(=O)OC)cc1OCC. The fourth-order valence-corrected chi connectivity index (χ4v) is 3.40. The van der Waals surface area contributed by atoms with Gasteiger partial charge in [0.15, 0.2) is 18.1 Å². The molecule has 3 rings (SSSR count). The van der Waals surface area contributed by atoms with Crippen LogP contribution < -0.4 is 19.5 Å². The molecule has 33 heavy (non-hydrogen) atoms. The van der Waals surface area contributed by atoms with Crippen LogP contribution in [0.25, 0.3) is 10.8 Å². The van der Waals surface area contributed by atoms with E-state index in [4.69, 9.17) is 18.9 Å². The van der Waals surface area contributed by atoms with Crippen molar-refractivity contribution in [2.45, 2.75) is 20.3 Å². The van der Waals surface area contributed by atoms with Gasteiger partial charge < -0.3 is 24.3 Å². The number of ether oxygens (including phenoxy) is 4. The zero-order valence-corrected chi connectivity index (χ0v) is 19.2. The number of nitrogens with one attached hydrogen (secondary N) is 1. The molecule has 0 atom stereocenters. The van der Waals surface area contributed by atoms with E-state index < -0.39 is 5.97 Å². The van der Waals surface area contributed by atoms with Gasteiger partial charge in [-0.2, -0.15) is 0 Å². The summed E-state index contributed by atoms with van der Waals surface area (Å²) in [5, 5.41) is 4.63. The topological polar surface area (TPSA) is 83.1 Å². The monoisotopic (exact) mass is 451 g/mol. The molecule has 0 aliphatic rings. The molecule has 0 fully saturated rings. The maximum Gasteiger partial charge on any atom is 0.341 e. The summed E-state index contributed by atoms with van der Waals surface area (Å²) >= 11 is 0. The molecule has 7 nitrogen and oxygen atoms in total. The summed E-state index contributed by atoms with van der Waals surface area (Å²) in [6.45, 7) is 5.17. The van der Waals surface area contributed by atoms with E-state index in [9.17, 15) is 9.59 Å². The first-order chi connectivity index (χ1) is 16.0. The van der Waals surface area contributed by atoms with Gasteiger partial charge in [-0.1, -0.05) is 30.3 Å². The predicted octanol–water partition coefficient (Wildman–Crippen LogP) is 4.16. The summed E-state index contributed by atoms with van der Waals surface area (Å²) < 4.78 is 21.8. The van der Waals surface area contributed by atoms with Crippen molar-refractivity contribution in [2.75, 3.05) is 33.5 Å². The first kappa shape index (κ1) is 23.9. The van der Waals surface area contributed by atoms with Crippen LogP contribution in [0.3, 0.4) is 0 Å². The number of carbonyl (C=O) groups is 2. The van der Waals surface area contributed by atoms with Crippen LogP contribution in [0.1, 0.15) is 29.8 Å². The number of methoxy groups -OCH3 is 1. The van der Waals surface area contributed by atoms with E-state index >= 15 is 0 Å². The van der Waals surface area contributed by atoms with Gasteiger partial charge in [-0.25, -0.2) is 4.79 Å². The number of esters is 1. The second kappa shape index (κ2) is 11.8. The zero-order chi connectivity index (χ0) is 23.6. The van der Waals surface area contributed by atoms with Gasteiger partial charge in [-0.15, -0.1) is 0 Å². The van der Waals surface area contributed by atoms with Gasteiger partial charge in [-0.05, 0) is 60.9 Å². The normalized spacial score (nSPS) is 10.5. The number of amides is 1. The van der Waals surface area contributed by atoms with Gasteiger partial charge in [-0.3, -0.25) is 4.79 Å². The summed E-state index contributed by atoms with van der Waals surface area (Å²) in [6, 6.07) is 16.8. The molecule has 3 aromatic rings. The van der Waals surface area contributed by atoms with E-state index in [0.717, 1.165) is 16.3 Å². The highest BCUT2D eigenvalue weighted by atomic mass is 16.5. The van der Waals surface area contributed by atoms with Crippen LogP contribution in [0.2, 0.25) is 0 Å². The molecule has 174 valence electrons. The third kappa shape index (κ3) is 6.38. The van der Waals surface area contributed by atoms with Gasteiger partial charge in [0.05, 0.1) is 20.3 Å². The molecule has 0 unspecified atom stereocenters. The molecular formula is C26H29NO6. The van der Waals surface area contributed by atoms with Crippen LogP contribution in [0, 0.1) is 0 Å². The first-order valence-electron chi connectivity index (χ1n) is 10.9. The minimum absolute atomic E-state index is 0.212. The van der Waals surface area contributed by atoms with Gasteiger partial charge in [0, 0.05) is 6.54 Å². The van der Waals surface area contributed by atoms with E-state index in [2.05, 4.69) is 5.32 Å². The van der Waals surface area contributed by atoms with Crippen LogP contribution in [-0.2, 0) is 16.0 Å². The molecular weight excluding hydrogens is 422 g/mol. The van der Waals surface area contributed by atoms with Crippen molar-refractivity contribution >= 4 is 22.6 Å². The Balaban J connectivity index is 1.58. The average Bonchev–Trinajstić information content (AvgIpc) is 2.83. The van der Waals surface area contributed by atoms with Crippen molar-refractivity contribution in [2.24, 2.45) is 0 Å². The number of carbonyl (C=O) groups excluding carboxylic acids is 2. The molecule has 1 amide bonds. The minimum Gasteiger partial charge on any atom is -0.490 e. The quantitative estimate of drug-likeness (QED) is 0.441. The highest BCUT2D eigenvalue weighted by Gasteiger charge is 2.16. The molecule has 0 saturated heterocycles. The summed E-state index contributed by atoms with van der Waals surface area (Å²) in [7, 11) is 1.31. The van der Waals surface area contributed by atoms with Crippen LogP contribution in [0.4, 0.5) is 0 Å². The highest BCUT2D eigenvalue weighted by molar-refractivity contribution is 5.98. The number of hydrogen-bond donors (Lipinski definition) is 1. The van der Waals surface area contributed by atoms with Crippen molar-refractivity contribution in [1.82, 2.24) is 5.32 Å². The Morgan fingerprint density at radius 3 is 2.21 bits per heavy atom. The number of benzene rings is 3. The van der Waals surface area contributed by atoms with Crippen LogP contribution in [0.5, 0.6) is 17.2 Å². The van der Waals surface area contributed by atoms with E-state index in [0.29, 0.717) is 43.4 Å². The maximum atomic E-state index is 12.3. The zero-order valence-electron chi connectivity index (χ0n) is 19.2. The Hall–Kier alpha value is -3.74. The Morgan fingerprint density at radius 1 is 0.818 bits per heavy atom. The molecule has 0 aromatic heterocycles. The third-order valence-corrected chi connectivity index (χ3v) is 4.96. The summed E-state index contributed by atoms with van der Waals surface area (Å²) in [6.07, 6.45) is 0.627. The lowest BCUT2D eigenvalue weighted by Gasteiger charge is -2.13. The smallest absolute Gasteiger partial charge is 0.341 e. The molecule has 0 radical (unpaired) electrons. The molecule has 0 aliphatic carbocycles. The van der Waals surface area contributed by atoms with E-state index in [1.807, 2.05) is 56.3 Å². The summed E-state index contributed by atoms with van der Waals surface area (Å²) in [5.41, 5.74) is 1.30. The third-order valence-electron chi connectivity index (χ3n) is 4.96. The van der Waals surface area contributed by atoms with Crippen molar-refractivity contribution in [3.63, 3.8) is 0 Å². The van der Waals surface area contributed by atoms with Crippen molar-refractivity contribution in [3.8, 4) is 17.2 Å². The van der Waals surface area contributed by atoms with Gasteiger partial charge in [0.2, 0.25) is 0 Å². The van der Waals surface area contributed by atoms with E-state index in [1.165, 1.54) is 7.11 Å². The highest BCUT2D eigenvalue weighted by Crippen LogP contribution is 2.29. The molecule has 3 aromatic carbocycles. The molecule has 1 N–H and O–H groups in total. The lowest BCUT2D eigenvalue weighted by Crippen LogP contribution is -2.30. The molecule has 0 saturated carbocycles. The average molecular weight is 452 g/mol. The van der Waals surface area contributed by atoms with Crippen molar-refractivity contribution in [1.29, 1.82) is 0 Å². The number of fused-ring (bicyclic) bond motifs is 1. The second-order valence-corrected chi connectivity index (χ2v) is 7.22. The summed E-state index contributed by atoms with van der Waals surface area (Å²) in [5.74, 6) is 0.908. The van der Waals surface area contributed by atoms with Crippen LogP contribution in [0.15, 0.2) is 54.6 Å². The lowest BCUT2D eigenvalue weighted by molar-refractivity contribution is -0.123. The fourth-order valence-electron chi connectivity index (χ4n) is 3.40. The van der Waals surface area contributed by atoms with Gasteiger partial charge >= 0.3 is 5.97 Å². The Bertz CT molecular complexity index is 1110. The molecule has 7 heteroatoms. The van der Waals surface area contributed by atoms with E-state index in [-0.39, 0.29) is 18.1 Å². The lowest BCUT2D eigenvalue weighted by atomic mass is 10.1. The molecule has 0 bridgehead atoms. The molecule has 0 aliphatic heterocycles. The van der Waals surface area contributed by atoms with Gasteiger partial charge in [0.1, 0.15) is 11.3 Å². The summed E-state index contributed by atoms with van der Waals surface area (Å²) in [4.78, 5) is 24.5. The van der Waals surface area contributed by atoms with Crippen molar-refractivity contribution < 1.29 is 28.5 Å². The number of hydrogen-bond acceptors (Lipinski definition) is 6. The van der Waals surface area contributed by atoms with Crippen molar-refractivity contribution in [3.05, 3.63) is 65.7 Å². The standard InChI is InChI=1S/C26H29NO6/c1-4-31-22-11-10-18(14-24(22)32-5-2)12-13-27-25(28)17-33-23-16-20-9-7-6-8-19(20)15-21(23)26(29)30-3/h6-11,14-16H,4-5,12-13,17H2,1-3H3,(H,27,28). The Labute approximate surface area is 193 Å². The van der Waals surface area contributed by atoms with E-state index in [1.54, 1.807) is 12.1 Å². The molecule has 0 spiro atoms. The largest absolute Gasteiger partial charge is 0.490 e. The molecule has 0 heterocycles. The fraction of sp³-hybridized carbons (Fsp3) is 0.308. The van der Waals surface area contributed by atoms with Crippen LogP contribution in [-0.4, -0.2) is 45.4 Å². The minimum atomic E-state index is -0.517. The Kier molecular flexibility index (Phi) is 8.52. The Morgan fingerprint density at radius 2 is 1.52 bits per heavy atom. The predicted molar refractivity (Wildman–Crippen MR) is 126 cm³/mol. The number of rotatable bonds is 11. The first-order valence-corrected chi connectivity index (χ1v) is 10.9.